The van der Waals surface area contributed by atoms with Gasteiger partial charge in [-0.3, -0.25) is 0 Å². The van der Waals surface area contributed by atoms with E-state index in [1.54, 1.807) is 0 Å². The highest BCUT2D eigenvalue weighted by Gasteiger charge is 2.30. The molecule has 3 aromatic rings. The molecule has 1 aliphatic carbocycles. The standard InChI is InChI=1S/C16H12BrN3/c17-9-11-10-20(19-18-11)16-14-7-3-1-5-12(14)13-6-2-4-8-15(13)16/h1-8,10,16H,9H2. The summed E-state index contributed by atoms with van der Waals surface area (Å²) < 4.78 is 1.96. The van der Waals surface area contributed by atoms with Crippen molar-refractivity contribution >= 4 is 15.9 Å². The Hall–Kier alpha value is -1.94. The lowest BCUT2D eigenvalue weighted by atomic mass is 10.1. The Morgan fingerprint density at radius 2 is 1.55 bits per heavy atom. The Labute approximate surface area is 125 Å². The highest BCUT2D eigenvalue weighted by atomic mass is 79.9. The summed E-state index contributed by atoms with van der Waals surface area (Å²) in [5.74, 6) is 0. The van der Waals surface area contributed by atoms with E-state index in [1.165, 1.54) is 22.3 Å². The summed E-state index contributed by atoms with van der Waals surface area (Å²) in [6.07, 6.45) is 2.01. The van der Waals surface area contributed by atoms with E-state index in [2.05, 4.69) is 74.8 Å². The van der Waals surface area contributed by atoms with Gasteiger partial charge in [0.2, 0.25) is 0 Å². The number of nitrogens with zero attached hydrogens (tertiary/aromatic N) is 3. The van der Waals surface area contributed by atoms with Gasteiger partial charge in [-0.1, -0.05) is 69.7 Å². The first-order valence-corrected chi connectivity index (χ1v) is 7.65. The van der Waals surface area contributed by atoms with Crippen molar-refractivity contribution in [3.8, 4) is 11.1 Å². The van der Waals surface area contributed by atoms with Crippen LogP contribution in [-0.2, 0) is 5.33 Å². The number of benzene rings is 2. The Bertz CT molecular complexity index is 733. The van der Waals surface area contributed by atoms with Crippen molar-refractivity contribution in [2.45, 2.75) is 11.4 Å². The topological polar surface area (TPSA) is 30.7 Å². The zero-order chi connectivity index (χ0) is 13.5. The quantitative estimate of drug-likeness (QED) is 0.525. The second-order valence-electron chi connectivity index (χ2n) is 4.90. The average Bonchev–Trinajstić information content (AvgIpc) is 3.09. The van der Waals surface area contributed by atoms with Crippen LogP contribution in [0.3, 0.4) is 0 Å². The van der Waals surface area contributed by atoms with Gasteiger partial charge in [-0.15, -0.1) is 5.10 Å². The van der Waals surface area contributed by atoms with Gasteiger partial charge < -0.3 is 0 Å². The van der Waals surface area contributed by atoms with E-state index >= 15 is 0 Å². The van der Waals surface area contributed by atoms with Crippen molar-refractivity contribution in [3.05, 3.63) is 71.5 Å². The number of hydrogen-bond acceptors (Lipinski definition) is 2. The summed E-state index contributed by atoms with van der Waals surface area (Å²) in [6.45, 7) is 0. The Kier molecular flexibility index (Phi) is 2.70. The molecule has 20 heavy (non-hydrogen) atoms. The van der Waals surface area contributed by atoms with Crippen molar-refractivity contribution in [2.75, 3.05) is 0 Å². The van der Waals surface area contributed by atoms with Crippen LogP contribution >= 0.6 is 15.9 Å². The molecule has 0 unspecified atom stereocenters. The molecular weight excluding hydrogens is 314 g/mol. The lowest BCUT2D eigenvalue weighted by Gasteiger charge is -2.13. The van der Waals surface area contributed by atoms with Crippen LogP contribution in [-0.4, -0.2) is 15.0 Å². The van der Waals surface area contributed by atoms with Gasteiger partial charge in [0.1, 0.15) is 6.04 Å². The van der Waals surface area contributed by atoms with E-state index in [-0.39, 0.29) is 6.04 Å². The molecule has 4 heteroatoms. The van der Waals surface area contributed by atoms with Crippen molar-refractivity contribution in [1.29, 1.82) is 0 Å². The van der Waals surface area contributed by atoms with Crippen molar-refractivity contribution in [2.24, 2.45) is 0 Å². The van der Waals surface area contributed by atoms with Crippen molar-refractivity contribution < 1.29 is 0 Å². The normalized spacial score (nSPS) is 13.2. The molecule has 2 aromatic carbocycles. The maximum atomic E-state index is 4.30. The van der Waals surface area contributed by atoms with Crippen LogP contribution in [0, 0.1) is 0 Å². The Balaban J connectivity index is 1.95. The fraction of sp³-hybridized carbons (Fsp3) is 0.125. The molecule has 0 saturated heterocycles. The first-order chi connectivity index (χ1) is 9.88. The maximum Gasteiger partial charge on any atom is 0.105 e. The minimum Gasteiger partial charge on any atom is -0.240 e. The summed E-state index contributed by atoms with van der Waals surface area (Å²) in [5, 5.41) is 9.22. The SMILES string of the molecule is BrCc1cn(C2c3ccccc3-c3ccccc32)nn1. The average molecular weight is 326 g/mol. The number of halogens is 1. The third-order valence-corrected chi connectivity index (χ3v) is 4.33. The van der Waals surface area contributed by atoms with Crippen LogP contribution in [0.15, 0.2) is 54.7 Å². The van der Waals surface area contributed by atoms with Crippen LogP contribution in [0.1, 0.15) is 22.9 Å². The monoisotopic (exact) mass is 325 g/mol. The molecule has 0 N–H and O–H groups in total. The molecule has 0 fully saturated rings. The molecule has 0 radical (unpaired) electrons. The van der Waals surface area contributed by atoms with Gasteiger partial charge in [0, 0.05) is 5.33 Å². The van der Waals surface area contributed by atoms with Crippen molar-refractivity contribution in [3.63, 3.8) is 0 Å². The summed E-state index contributed by atoms with van der Waals surface area (Å²) in [4.78, 5) is 0. The number of fused-ring (bicyclic) bond motifs is 3. The molecule has 4 rings (SSSR count). The molecule has 0 bridgehead atoms. The molecule has 98 valence electrons. The zero-order valence-corrected chi connectivity index (χ0v) is 12.3. The van der Waals surface area contributed by atoms with E-state index in [9.17, 15) is 0 Å². The van der Waals surface area contributed by atoms with Gasteiger partial charge >= 0.3 is 0 Å². The van der Waals surface area contributed by atoms with E-state index < -0.39 is 0 Å². The van der Waals surface area contributed by atoms with Gasteiger partial charge in [-0.2, -0.15) is 0 Å². The first-order valence-electron chi connectivity index (χ1n) is 6.53. The minimum absolute atomic E-state index is 0.127. The zero-order valence-electron chi connectivity index (χ0n) is 10.7. The number of aromatic nitrogens is 3. The molecule has 1 heterocycles. The van der Waals surface area contributed by atoms with Crippen LogP contribution in [0.4, 0.5) is 0 Å². The van der Waals surface area contributed by atoms with E-state index in [0.29, 0.717) is 0 Å². The number of rotatable bonds is 2. The lowest BCUT2D eigenvalue weighted by Crippen LogP contribution is -2.10. The molecule has 1 aromatic heterocycles. The minimum atomic E-state index is 0.127. The largest absolute Gasteiger partial charge is 0.240 e. The third kappa shape index (κ3) is 1.64. The summed E-state index contributed by atoms with van der Waals surface area (Å²) >= 11 is 3.43. The second-order valence-corrected chi connectivity index (χ2v) is 5.46. The Morgan fingerprint density at radius 1 is 0.950 bits per heavy atom. The molecule has 0 atom stereocenters. The van der Waals surface area contributed by atoms with Crippen molar-refractivity contribution in [1.82, 2.24) is 15.0 Å². The smallest absolute Gasteiger partial charge is 0.105 e. The summed E-state index contributed by atoms with van der Waals surface area (Å²) in [6, 6.07) is 17.2. The molecular formula is C16H12BrN3. The fourth-order valence-corrected chi connectivity index (χ4v) is 3.17. The second kappa shape index (κ2) is 4.56. The first kappa shape index (κ1) is 11.9. The predicted octanol–water partition coefficient (Wildman–Crippen LogP) is 3.79. The van der Waals surface area contributed by atoms with Gasteiger partial charge in [-0.05, 0) is 22.3 Å². The molecule has 1 aliphatic rings. The fourth-order valence-electron chi connectivity index (χ4n) is 2.91. The molecule has 0 aliphatic heterocycles. The van der Waals surface area contributed by atoms with E-state index in [4.69, 9.17) is 0 Å². The van der Waals surface area contributed by atoms with Gasteiger partial charge in [0.25, 0.3) is 0 Å². The molecule has 3 nitrogen and oxygen atoms in total. The van der Waals surface area contributed by atoms with E-state index in [0.717, 1.165) is 11.0 Å². The number of alkyl halides is 1. The van der Waals surface area contributed by atoms with Gasteiger partial charge in [0.05, 0.1) is 11.9 Å². The third-order valence-electron chi connectivity index (χ3n) is 3.76. The van der Waals surface area contributed by atoms with Crippen LogP contribution in [0.5, 0.6) is 0 Å². The Morgan fingerprint density at radius 3 is 2.10 bits per heavy atom. The molecule has 0 saturated carbocycles. The predicted molar refractivity (Wildman–Crippen MR) is 81.8 cm³/mol. The number of hydrogen-bond donors (Lipinski definition) is 0. The summed E-state index contributed by atoms with van der Waals surface area (Å²) in [7, 11) is 0. The highest BCUT2D eigenvalue weighted by Crippen LogP contribution is 2.44. The van der Waals surface area contributed by atoms with Crippen LogP contribution in [0.2, 0.25) is 0 Å². The van der Waals surface area contributed by atoms with Crippen LogP contribution in [0.25, 0.3) is 11.1 Å². The van der Waals surface area contributed by atoms with Crippen LogP contribution < -0.4 is 0 Å². The highest BCUT2D eigenvalue weighted by molar-refractivity contribution is 9.08. The molecule has 0 amide bonds. The van der Waals surface area contributed by atoms with E-state index in [1.807, 2.05) is 10.9 Å². The lowest BCUT2D eigenvalue weighted by molar-refractivity contribution is 0.580. The van der Waals surface area contributed by atoms with Gasteiger partial charge in [0.15, 0.2) is 0 Å². The summed E-state index contributed by atoms with van der Waals surface area (Å²) in [5.41, 5.74) is 6.12. The maximum absolute atomic E-state index is 4.30. The van der Waals surface area contributed by atoms with Gasteiger partial charge in [-0.25, -0.2) is 4.68 Å². The molecule has 0 spiro atoms.